The third-order valence-electron chi connectivity index (χ3n) is 4.65. The molecule has 4 rings (SSSR count). The van der Waals surface area contributed by atoms with Gasteiger partial charge >= 0.3 is 0 Å². The normalized spacial score (nSPS) is 13.2. The number of hydrogen-bond donors (Lipinski definition) is 0. The molecule has 0 aliphatic carbocycles. The van der Waals surface area contributed by atoms with Gasteiger partial charge in [0.2, 0.25) is 5.95 Å². The first-order chi connectivity index (χ1) is 13.0. The monoisotopic (exact) mass is 363 g/mol. The zero-order valence-corrected chi connectivity index (χ0v) is 14.6. The van der Waals surface area contributed by atoms with Gasteiger partial charge in [0, 0.05) is 54.8 Å². The van der Waals surface area contributed by atoms with Crippen molar-refractivity contribution in [2.45, 2.75) is 19.9 Å². The van der Waals surface area contributed by atoms with Crippen molar-refractivity contribution in [3.63, 3.8) is 0 Å². The first kappa shape index (κ1) is 17.0. The number of hydrogen-bond acceptors (Lipinski definition) is 5. The van der Waals surface area contributed by atoms with E-state index in [4.69, 9.17) is 5.26 Å². The topological polar surface area (TPSA) is 65.7 Å². The van der Waals surface area contributed by atoms with Crippen molar-refractivity contribution >= 4 is 5.82 Å². The molecule has 0 atom stereocenters. The Balaban J connectivity index is 1.68. The molecule has 134 valence electrons. The molecule has 3 aromatic rings. The summed E-state index contributed by atoms with van der Waals surface area (Å²) < 4.78 is 27.5. The van der Waals surface area contributed by atoms with Gasteiger partial charge < -0.3 is 4.90 Å². The van der Waals surface area contributed by atoms with E-state index >= 15 is 0 Å². The molecule has 0 unspecified atom stereocenters. The molecule has 0 bridgehead atoms. The first-order valence-electron chi connectivity index (χ1n) is 8.46. The van der Waals surface area contributed by atoms with Crippen LogP contribution in [0.1, 0.15) is 22.4 Å². The van der Waals surface area contributed by atoms with Crippen LogP contribution >= 0.6 is 0 Å². The van der Waals surface area contributed by atoms with E-state index in [9.17, 15) is 8.78 Å². The summed E-state index contributed by atoms with van der Waals surface area (Å²) in [5.41, 5.74) is 3.98. The van der Waals surface area contributed by atoms with E-state index in [1.807, 2.05) is 19.1 Å². The summed E-state index contributed by atoms with van der Waals surface area (Å²) in [6.07, 6.45) is 4.73. The molecule has 1 aliphatic rings. The lowest BCUT2D eigenvalue weighted by atomic mass is 10.00. The quantitative estimate of drug-likeness (QED) is 0.652. The molecule has 3 aromatic heterocycles. The first-order valence-corrected chi connectivity index (χ1v) is 8.46. The standard InChI is InChI=1S/C20H15F2N5/c1-12-4-13(7-23)8-26-20(12)27-3-2-18-15(11-27)5-14(9-24-18)16-6-19(22)25-10-17(16)21/h4-6,8-10H,2-3,11H2,1H3. The van der Waals surface area contributed by atoms with Gasteiger partial charge in [-0.1, -0.05) is 0 Å². The van der Waals surface area contributed by atoms with Crippen LogP contribution in [0, 0.1) is 30.0 Å². The second-order valence-corrected chi connectivity index (χ2v) is 6.46. The van der Waals surface area contributed by atoms with Gasteiger partial charge in [0.25, 0.3) is 0 Å². The Hall–Kier alpha value is -3.40. The van der Waals surface area contributed by atoms with Gasteiger partial charge in [-0.2, -0.15) is 9.65 Å². The maximum atomic E-state index is 14.0. The average Bonchev–Trinajstić information content (AvgIpc) is 2.69. The van der Waals surface area contributed by atoms with Crippen molar-refractivity contribution < 1.29 is 8.78 Å². The van der Waals surface area contributed by atoms with E-state index in [1.165, 1.54) is 0 Å². The molecule has 0 amide bonds. The molecular formula is C20H15F2N5. The Morgan fingerprint density at radius 1 is 1.07 bits per heavy atom. The zero-order valence-electron chi connectivity index (χ0n) is 14.6. The van der Waals surface area contributed by atoms with Crippen LogP contribution in [-0.2, 0) is 13.0 Å². The van der Waals surface area contributed by atoms with Gasteiger partial charge in [0.05, 0.1) is 11.8 Å². The Bertz CT molecular complexity index is 1070. The fourth-order valence-electron chi connectivity index (χ4n) is 3.35. The van der Waals surface area contributed by atoms with Gasteiger partial charge in [-0.3, -0.25) is 4.98 Å². The Labute approximate surface area is 155 Å². The van der Waals surface area contributed by atoms with Crippen molar-refractivity contribution in [3.8, 4) is 17.2 Å². The number of anilines is 1. The fourth-order valence-corrected chi connectivity index (χ4v) is 3.35. The second-order valence-electron chi connectivity index (χ2n) is 6.46. The number of halogens is 2. The molecular weight excluding hydrogens is 348 g/mol. The minimum Gasteiger partial charge on any atom is -0.352 e. The molecule has 0 fully saturated rings. The highest BCUT2D eigenvalue weighted by Gasteiger charge is 2.21. The van der Waals surface area contributed by atoms with Crippen LogP contribution in [0.25, 0.3) is 11.1 Å². The van der Waals surface area contributed by atoms with E-state index in [-0.39, 0.29) is 5.56 Å². The number of pyridine rings is 3. The highest BCUT2D eigenvalue weighted by Crippen LogP contribution is 2.29. The van der Waals surface area contributed by atoms with Crippen LogP contribution in [0.3, 0.4) is 0 Å². The third-order valence-corrected chi connectivity index (χ3v) is 4.65. The molecule has 0 saturated carbocycles. The molecule has 0 N–H and O–H groups in total. The Morgan fingerprint density at radius 2 is 1.93 bits per heavy atom. The van der Waals surface area contributed by atoms with E-state index in [1.54, 1.807) is 12.4 Å². The number of nitrogens with zero attached hydrogens (tertiary/aromatic N) is 5. The van der Waals surface area contributed by atoms with E-state index in [0.29, 0.717) is 17.7 Å². The number of rotatable bonds is 2. The largest absolute Gasteiger partial charge is 0.352 e. The molecule has 27 heavy (non-hydrogen) atoms. The number of nitriles is 1. The summed E-state index contributed by atoms with van der Waals surface area (Å²) in [6, 6.07) is 6.81. The Morgan fingerprint density at radius 3 is 2.70 bits per heavy atom. The summed E-state index contributed by atoms with van der Waals surface area (Å²) in [5.74, 6) is -0.509. The van der Waals surface area contributed by atoms with E-state index in [2.05, 4.69) is 25.9 Å². The van der Waals surface area contributed by atoms with Gasteiger partial charge in [0.1, 0.15) is 17.7 Å². The minimum absolute atomic E-state index is 0.141. The van der Waals surface area contributed by atoms with Crippen LogP contribution in [0.4, 0.5) is 14.6 Å². The summed E-state index contributed by atoms with van der Waals surface area (Å²) in [6.45, 7) is 3.23. The molecule has 4 heterocycles. The van der Waals surface area contributed by atoms with Crippen molar-refractivity contribution in [3.05, 3.63) is 70.9 Å². The number of fused-ring (bicyclic) bond motifs is 1. The van der Waals surface area contributed by atoms with Crippen molar-refractivity contribution in [2.24, 2.45) is 0 Å². The summed E-state index contributed by atoms with van der Waals surface area (Å²) >= 11 is 0. The van der Waals surface area contributed by atoms with E-state index in [0.717, 1.165) is 47.9 Å². The SMILES string of the molecule is Cc1cc(C#N)cnc1N1CCc2ncc(-c3cc(F)ncc3F)cc2C1. The number of aryl methyl sites for hydroxylation is 1. The lowest BCUT2D eigenvalue weighted by molar-refractivity contribution is 0.562. The maximum absolute atomic E-state index is 14.0. The van der Waals surface area contributed by atoms with Crippen LogP contribution in [0.2, 0.25) is 0 Å². The predicted octanol–water partition coefficient (Wildman–Crippen LogP) is 3.56. The zero-order chi connectivity index (χ0) is 19.0. The van der Waals surface area contributed by atoms with Crippen LogP contribution < -0.4 is 4.90 Å². The molecule has 0 spiro atoms. The van der Waals surface area contributed by atoms with Crippen LogP contribution in [0.15, 0.2) is 36.8 Å². The predicted molar refractivity (Wildman–Crippen MR) is 95.8 cm³/mol. The smallest absolute Gasteiger partial charge is 0.213 e. The minimum atomic E-state index is -0.733. The van der Waals surface area contributed by atoms with Crippen molar-refractivity contribution in [2.75, 3.05) is 11.4 Å². The third kappa shape index (κ3) is 3.22. The molecule has 0 aromatic carbocycles. The molecule has 0 saturated heterocycles. The molecule has 5 nitrogen and oxygen atoms in total. The van der Waals surface area contributed by atoms with Crippen LogP contribution in [0.5, 0.6) is 0 Å². The van der Waals surface area contributed by atoms with Gasteiger partial charge in [-0.25, -0.2) is 14.4 Å². The highest BCUT2D eigenvalue weighted by atomic mass is 19.1. The summed E-state index contributed by atoms with van der Waals surface area (Å²) in [7, 11) is 0. The number of aromatic nitrogens is 3. The van der Waals surface area contributed by atoms with Gasteiger partial charge in [-0.15, -0.1) is 0 Å². The molecule has 1 aliphatic heterocycles. The highest BCUT2D eigenvalue weighted by molar-refractivity contribution is 5.64. The van der Waals surface area contributed by atoms with Crippen LogP contribution in [-0.4, -0.2) is 21.5 Å². The summed E-state index contributed by atoms with van der Waals surface area (Å²) in [5, 5.41) is 9.00. The second kappa shape index (κ2) is 6.72. The Kier molecular flexibility index (Phi) is 4.24. The van der Waals surface area contributed by atoms with Gasteiger partial charge in [0.15, 0.2) is 0 Å². The fraction of sp³-hybridized carbons (Fsp3) is 0.200. The molecule has 7 heteroatoms. The van der Waals surface area contributed by atoms with E-state index < -0.39 is 11.8 Å². The lowest BCUT2D eigenvalue weighted by Gasteiger charge is -2.30. The van der Waals surface area contributed by atoms with Crippen molar-refractivity contribution in [1.82, 2.24) is 15.0 Å². The average molecular weight is 363 g/mol. The van der Waals surface area contributed by atoms with Gasteiger partial charge in [-0.05, 0) is 30.2 Å². The molecule has 0 radical (unpaired) electrons. The van der Waals surface area contributed by atoms with Crippen molar-refractivity contribution in [1.29, 1.82) is 5.26 Å². The summed E-state index contributed by atoms with van der Waals surface area (Å²) in [4.78, 5) is 14.3. The maximum Gasteiger partial charge on any atom is 0.213 e. The lowest BCUT2D eigenvalue weighted by Crippen LogP contribution is -2.32.